The summed E-state index contributed by atoms with van der Waals surface area (Å²) in [6.07, 6.45) is -1.49. The van der Waals surface area contributed by atoms with E-state index in [9.17, 15) is 18.0 Å². The van der Waals surface area contributed by atoms with Gasteiger partial charge in [-0.1, -0.05) is 0 Å². The summed E-state index contributed by atoms with van der Waals surface area (Å²) in [7, 11) is 0. The minimum Gasteiger partial charge on any atom is -0.296 e. The Kier molecular flexibility index (Phi) is 3.10. The molecule has 18 heavy (non-hydrogen) atoms. The lowest BCUT2D eigenvalue weighted by atomic mass is 10.1. The Labute approximate surface area is 100 Å². The van der Waals surface area contributed by atoms with Crippen molar-refractivity contribution in [2.24, 2.45) is 0 Å². The topological polar surface area (TPSA) is 42.9 Å². The summed E-state index contributed by atoms with van der Waals surface area (Å²) < 4.78 is 38.3. The van der Waals surface area contributed by atoms with Gasteiger partial charge in [0, 0.05) is 18.0 Å². The van der Waals surface area contributed by atoms with Crippen molar-refractivity contribution in [2.45, 2.75) is 6.18 Å². The van der Waals surface area contributed by atoms with Crippen molar-refractivity contribution in [3.05, 3.63) is 47.9 Å². The molecular formula is C12H7F3N2O. The van der Waals surface area contributed by atoms with E-state index >= 15 is 0 Å². The number of nitrogens with zero attached hydrogens (tertiary/aromatic N) is 2. The number of hydrogen-bond acceptors (Lipinski definition) is 3. The number of carbonyl (C=O) groups is 1. The Hall–Kier alpha value is -2.24. The molecule has 0 fully saturated rings. The SMILES string of the molecule is O=Cc1ccc(-c2ncccc2C(F)(F)F)cn1. The number of aromatic nitrogens is 2. The minimum absolute atomic E-state index is 0.156. The van der Waals surface area contributed by atoms with E-state index in [1.807, 2.05) is 0 Å². The van der Waals surface area contributed by atoms with E-state index in [4.69, 9.17) is 0 Å². The number of alkyl halides is 3. The molecule has 0 radical (unpaired) electrons. The monoisotopic (exact) mass is 252 g/mol. The zero-order chi connectivity index (χ0) is 13.2. The standard InChI is InChI=1S/C12H7F3N2O/c13-12(14,15)10-2-1-5-16-11(10)8-3-4-9(7-18)17-6-8/h1-7H. The molecule has 2 heterocycles. The van der Waals surface area contributed by atoms with Crippen LogP contribution in [0.25, 0.3) is 11.3 Å². The first-order chi connectivity index (χ1) is 8.52. The van der Waals surface area contributed by atoms with Gasteiger partial charge >= 0.3 is 6.18 Å². The molecule has 0 atom stereocenters. The highest BCUT2D eigenvalue weighted by atomic mass is 19.4. The van der Waals surface area contributed by atoms with Gasteiger partial charge in [-0.2, -0.15) is 13.2 Å². The van der Waals surface area contributed by atoms with Crippen molar-refractivity contribution < 1.29 is 18.0 Å². The molecule has 0 bridgehead atoms. The van der Waals surface area contributed by atoms with Gasteiger partial charge in [-0.05, 0) is 24.3 Å². The van der Waals surface area contributed by atoms with Crippen LogP contribution in [-0.2, 0) is 6.18 Å². The van der Waals surface area contributed by atoms with E-state index in [-0.39, 0.29) is 17.0 Å². The van der Waals surface area contributed by atoms with Gasteiger partial charge in [0.05, 0.1) is 11.3 Å². The van der Waals surface area contributed by atoms with E-state index in [1.165, 1.54) is 30.6 Å². The lowest BCUT2D eigenvalue weighted by Gasteiger charge is -2.11. The highest BCUT2D eigenvalue weighted by Gasteiger charge is 2.34. The van der Waals surface area contributed by atoms with Crippen LogP contribution in [-0.4, -0.2) is 16.3 Å². The summed E-state index contributed by atoms with van der Waals surface area (Å²) in [4.78, 5) is 17.9. The van der Waals surface area contributed by atoms with Crippen LogP contribution in [0.3, 0.4) is 0 Å². The van der Waals surface area contributed by atoms with Gasteiger partial charge < -0.3 is 0 Å². The Morgan fingerprint density at radius 3 is 2.44 bits per heavy atom. The Morgan fingerprint density at radius 2 is 1.89 bits per heavy atom. The van der Waals surface area contributed by atoms with Gasteiger partial charge in [0.15, 0.2) is 6.29 Å². The number of carbonyl (C=O) groups excluding carboxylic acids is 1. The first kappa shape index (κ1) is 12.2. The quantitative estimate of drug-likeness (QED) is 0.771. The highest BCUT2D eigenvalue weighted by Crippen LogP contribution is 2.35. The normalized spacial score (nSPS) is 11.3. The van der Waals surface area contributed by atoms with E-state index in [1.54, 1.807) is 0 Å². The lowest BCUT2D eigenvalue weighted by Crippen LogP contribution is -2.08. The van der Waals surface area contributed by atoms with Crippen molar-refractivity contribution in [3.8, 4) is 11.3 Å². The van der Waals surface area contributed by atoms with Crippen molar-refractivity contribution in [1.29, 1.82) is 0 Å². The molecule has 0 aliphatic heterocycles. The van der Waals surface area contributed by atoms with Crippen molar-refractivity contribution >= 4 is 6.29 Å². The van der Waals surface area contributed by atoms with E-state index < -0.39 is 11.7 Å². The molecule has 0 aliphatic rings. The zero-order valence-electron chi connectivity index (χ0n) is 8.98. The first-order valence-corrected chi connectivity index (χ1v) is 4.96. The molecule has 92 valence electrons. The predicted molar refractivity (Wildman–Crippen MR) is 57.9 cm³/mol. The second-order valence-electron chi connectivity index (χ2n) is 3.49. The second kappa shape index (κ2) is 4.56. The molecule has 0 saturated carbocycles. The molecule has 2 rings (SSSR count). The summed E-state index contributed by atoms with van der Waals surface area (Å²) >= 11 is 0. The van der Waals surface area contributed by atoms with Crippen LogP contribution in [0.2, 0.25) is 0 Å². The third kappa shape index (κ3) is 2.37. The molecule has 3 nitrogen and oxygen atoms in total. The smallest absolute Gasteiger partial charge is 0.296 e. The van der Waals surface area contributed by atoms with Crippen LogP contribution >= 0.6 is 0 Å². The van der Waals surface area contributed by atoms with Crippen LogP contribution in [0.1, 0.15) is 16.1 Å². The molecule has 2 aromatic rings. The fraction of sp³-hybridized carbons (Fsp3) is 0.0833. The fourth-order valence-corrected chi connectivity index (χ4v) is 1.48. The average Bonchev–Trinajstić information content (AvgIpc) is 2.38. The molecule has 0 aliphatic carbocycles. The maximum absolute atomic E-state index is 12.8. The summed E-state index contributed by atoms with van der Waals surface area (Å²) in [6, 6.07) is 4.90. The third-order valence-corrected chi connectivity index (χ3v) is 2.29. The van der Waals surface area contributed by atoms with Crippen LogP contribution in [0.4, 0.5) is 13.2 Å². The predicted octanol–water partition coefficient (Wildman–Crippen LogP) is 2.97. The van der Waals surface area contributed by atoms with Crippen LogP contribution in [0.5, 0.6) is 0 Å². The zero-order valence-corrected chi connectivity index (χ0v) is 8.98. The first-order valence-electron chi connectivity index (χ1n) is 4.96. The Balaban J connectivity index is 2.53. The molecule has 0 N–H and O–H groups in total. The van der Waals surface area contributed by atoms with Crippen LogP contribution in [0.15, 0.2) is 36.7 Å². The summed E-state index contributed by atoms with van der Waals surface area (Å²) in [6.45, 7) is 0. The fourth-order valence-electron chi connectivity index (χ4n) is 1.48. The van der Waals surface area contributed by atoms with Gasteiger partial charge in [-0.25, -0.2) is 0 Å². The number of pyridine rings is 2. The maximum atomic E-state index is 12.8. The van der Waals surface area contributed by atoms with Crippen LogP contribution < -0.4 is 0 Å². The van der Waals surface area contributed by atoms with Gasteiger partial charge in [-0.15, -0.1) is 0 Å². The molecule has 0 aromatic carbocycles. The van der Waals surface area contributed by atoms with Gasteiger partial charge in [-0.3, -0.25) is 14.8 Å². The summed E-state index contributed by atoms with van der Waals surface area (Å²) in [5.41, 5.74) is -0.655. The van der Waals surface area contributed by atoms with Crippen molar-refractivity contribution in [3.63, 3.8) is 0 Å². The molecule has 0 saturated heterocycles. The third-order valence-electron chi connectivity index (χ3n) is 2.29. The largest absolute Gasteiger partial charge is 0.418 e. The summed E-state index contributed by atoms with van der Waals surface area (Å²) in [5.74, 6) is 0. The molecule has 6 heteroatoms. The number of hydrogen-bond donors (Lipinski definition) is 0. The van der Waals surface area contributed by atoms with Crippen LogP contribution in [0, 0.1) is 0 Å². The van der Waals surface area contributed by atoms with Crippen molar-refractivity contribution in [1.82, 2.24) is 9.97 Å². The number of aldehydes is 1. The Morgan fingerprint density at radius 1 is 1.11 bits per heavy atom. The van der Waals surface area contributed by atoms with E-state index in [0.29, 0.717) is 6.29 Å². The second-order valence-corrected chi connectivity index (χ2v) is 3.49. The highest BCUT2D eigenvalue weighted by molar-refractivity contribution is 5.73. The lowest BCUT2D eigenvalue weighted by molar-refractivity contribution is -0.137. The van der Waals surface area contributed by atoms with E-state index in [2.05, 4.69) is 9.97 Å². The molecular weight excluding hydrogens is 245 g/mol. The Bertz CT molecular complexity index is 564. The number of rotatable bonds is 2. The average molecular weight is 252 g/mol. The van der Waals surface area contributed by atoms with Gasteiger partial charge in [0.2, 0.25) is 0 Å². The van der Waals surface area contributed by atoms with E-state index in [0.717, 1.165) is 6.07 Å². The molecule has 2 aromatic heterocycles. The van der Waals surface area contributed by atoms with Crippen molar-refractivity contribution in [2.75, 3.05) is 0 Å². The minimum atomic E-state index is -4.48. The van der Waals surface area contributed by atoms with Gasteiger partial charge in [0.25, 0.3) is 0 Å². The van der Waals surface area contributed by atoms with Gasteiger partial charge in [0.1, 0.15) is 5.69 Å². The number of halogens is 3. The molecule has 0 spiro atoms. The molecule has 0 amide bonds. The maximum Gasteiger partial charge on any atom is 0.418 e. The summed E-state index contributed by atoms with van der Waals surface area (Å²) in [5, 5.41) is 0. The molecule has 0 unspecified atom stereocenters.